The topological polar surface area (TPSA) is 75.5 Å². The molecule has 0 atom stereocenters. The summed E-state index contributed by atoms with van der Waals surface area (Å²) in [4.78, 5) is 14.9. The summed E-state index contributed by atoms with van der Waals surface area (Å²) in [7, 11) is -3.55. The van der Waals surface area contributed by atoms with E-state index >= 15 is 0 Å². The second-order valence-electron chi connectivity index (χ2n) is 8.27. The third-order valence-electron chi connectivity index (χ3n) is 5.93. The lowest BCUT2D eigenvalue weighted by molar-refractivity contribution is 0.433. The molecule has 1 aliphatic heterocycles. The van der Waals surface area contributed by atoms with Gasteiger partial charge >= 0.3 is 0 Å². The van der Waals surface area contributed by atoms with Crippen LogP contribution in [0.25, 0.3) is 5.69 Å². The van der Waals surface area contributed by atoms with Crippen LogP contribution >= 0.6 is 0 Å². The van der Waals surface area contributed by atoms with E-state index in [-0.39, 0.29) is 5.56 Å². The second kappa shape index (κ2) is 8.88. The number of benzene rings is 2. The van der Waals surface area contributed by atoms with Gasteiger partial charge in [0.25, 0.3) is 5.56 Å². The van der Waals surface area contributed by atoms with Gasteiger partial charge in [-0.3, -0.25) is 4.79 Å². The summed E-state index contributed by atoms with van der Waals surface area (Å²) in [5.41, 5.74) is 3.68. The van der Waals surface area contributed by atoms with E-state index in [9.17, 15) is 13.2 Å². The van der Waals surface area contributed by atoms with Crippen LogP contribution in [0, 0.1) is 20.8 Å². The zero-order chi connectivity index (χ0) is 22.9. The Hall–Kier alpha value is -2.97. The van der Waals surface area contributed by atoms with Crippen LogP contribution in [0.2, 0.25) is 0 Å². The van der Waals surface area contributed by atoms with Crippen LogP contribution in [-0.4, -0.2) is 48.7 Å². The number of anilines is 1. The first-order chi connectivity index (χ1) is 15.3. The van der Waals surface area contributed by atoms with Gasteiger partial charge < -0.3 is 4.90 Å². The molecule has 2 aromatic carbocycles. The number of hydrogen-bond acceptors (Lipinski definition) is 5. The first-order valence-corrected chi connectivity index (χ1v) is 12.2. The van der Waals surface area contributed by atoms with Crippen molar-refractivity contribution in [3.8, 4) is 5.69 Å². The van der Waals surface area contributed by atoms with E-state index in [2.05, 4.69) is 5.10 Å². The Labute approximate surface area is 189 Å². The molecule has 0 spiro atoms. The predicted octanol–water partition coefficient (Wildman–Crippen LogP) is 3.06. The maximum atomic E-state index is 13.1. The molecule has 0 bridgehead atoms. The van der Waals surface area contributed by atoms with Gasteiger partial charge in [0.05, 0.1) is 10.6 Å². The van der Waals surface area contributed by atoms with Crippen molar-refractivity contribution in [1.82, 2.24) is 14.1 Å². The highest BCUT2D eigenvalue weighted by atomic mass is 32.2. The van der Waals surface area contributed by atoms with Crippen molar-refractivity contribution in [2.24, 2.45) is 0 Å². The summed E-state index contributed by atoms with van der Waals surface area (Å²) in [6.45, 7) is 7.90. The molecule has 4 rings (SSSR count). The van der Waals surface area contributed by atoms with Gasteiger partial charge in [0.15, 0.2) is 0 Å². The van der Waals surface area contributed by atoms with Crippen molar-refractivity contribution in [2.45, 2.75) is 32.1 Å². The molecule has 1 aromatic heterocycles. The fourth-order valence-electron chi connectivity index (χ4n) is 3.90. The summed E-state index contributed by atoms with van der Waals surface area (Å²) in [5.74, 6) is 0.664. The van der Waals surface area contributed by atoms with Crippen molar-refractivity contribution in [2.75, 3.05) is 31.1 Å². The van der Waals surface area contributed by atoms with Crippen LogP contribution in [-0.2, 0) is 10.0 Å². The van der Waals surface area contributed by atoms with E-state index in [1.807, 2.05) is 49.9 Å². The van der Waals surface area contributed by atoms with E-state index < -0.39 is 10.0 Å². The Kier molecular flexibility index (Phi) is 6.17. The quantitative estimate of drug-likeness (QED) is 0.608. The minimum atomic E-state index is -3.55. The van der Waals surface area contributed by atoms with Gasteiger partial charge in [0, 0.05) is 32.2 Å². The van der Waals surface area contributed by atoms with Crippen LogP contribution in [0.15, 0.2) is 64.3 Å². The molecule has 7 nitrogen and oxygen atoms in total. The SMILES string of the molecule is Cc1cccc(S(=O)(=O)N2CCCN(c3ccc(=O)n(-c4ccc(C)c(C)c4)n3)CC2)c1. The number of aromatic nitrogens is 2. The Morgan fingerprint density at radius 3 is 2.41 bits per heavy atom. The molecule has 0 radical (unpaired) electrons. The highest BCUT2D eigenvalue weighted by molar-refractivity contribution is 7.89. The van der Waals surface area contributed by atoms with Crippen LogP contribution < -0.4 is 10.5 Å². The van der Waals surface area contributed by atoms with Crippen LogP contribution in [0.3, 0.4) is 0 Å². The molecule has 1 saturated heterocycles. The van der Waals surface area contributed by atoms with Gasteiger partial charge in [-0.05, 0) is 74.2 Å². The Bertz CT molecular complexity index is 1300. The van der Waals surface area contributed by atoms with Gasteiger partial charge in [-0.1, -0.05) is 18.2 Å². The molecule has 0 amide bonds. The van der Waals surface area contributed by atoms with E-state index in [4.69, 9.17) is 0 Å². The number of aryl methyl sites for hydroxylation is 3. The zero-order valence-corrected chi connectivity index (χ0v) is 19.5. The summed E-state index contributed by atoms with van der Waals surface area (Å²) >= 11 is 0. The van der Waals surface area contributed by atoms with Crippen LogP contribution in [0.5, 0.6) is 0 Å². The molecule has 0 N–H and O–H groups in total. The third-order valence-corrected chi connectivity index (χ3v) is 7.82. The molecule has 0 aliphatic carbocycles. The zero-order valence-electron chi connectivity index (χ0n) is 18.7. The average molecular weight is 453 g/mol. The van der Waals surface area contributed by atoms with Crippen molar-refractivity contribution in [1.29, 1.82) is 0 Å². The number of hydrogen-bond donors (Lipinski definition) is 0. The van der Waals surface area contributed by atoms with Gasteiger partial charge in [-0.2, -0.15) is 8.99 Å². The molecule has 1 fully saturated rings. The summed E-state index contributed by atoms with van der Waals surface area (Å²) in [6.07, 6.45) is 0.676. The lowest BCUT2D eigenvalue weighted by Gasteiger charge is -2.23. The molecule has 2 heterocycles. The highest BCUT2D eigenvalue weighted by Crippen LogP contribution is 2.21. The molecule has 32 heavy (non-hydrogen) atoms. The Balaban J connectivity index is 1.57. The monoisotopic (exact) mass is 452 g/mol. The summed E-state index contributed by atoms with van der Waals surface area (Å²) in [5, 5.41) is 4.60. The molecular weight excluding hydrogens is 424 g/mol. The van der Waals surface area contributed by atoms with E-state index in [1.54, 1.807) is 28.6 Å². The molecule has 3 aromatic rings. The minimum absolute atomic E-state index is 0.199. The highest BCUT2D eigenvalue weighted by Gasteiger charge is 2.27. The molecule has 1 aliphatic rings. The van der Waals surface area contributed by atoms with Gasteiger partial charge in [-0.15, -0.1) is 5.10 Å². The lowest BCUT2D eigenvalue weighted by atomic mass is 10.1. The molecule has 8 heteroatoms. The van der Waals surface area contributed by atoms with Crippen molar-refractivity contribution < 1.29 is 8.42 Å². The molecule has 0 saturated carbocycles. The van der Waals surface area contributed by atoms with E-state index in [1.165, 1.54) is 10.7 Å². The normalized spacial score (nSPS) is 15.5. The van der Waals surface area contributed by atoms with Gasteiger partial charge in [0.1, 0.15) is 5.82 Å². The number of sulfonamides is 1. The van der Waals surface area contributed by atoms with E-state index in [0.29, 0.717) is 43.3 Å². The summed E-state index contributed by atoms with van der Waals surface area (Å²) < 4.78 is 29.2. The molecule has 168 valence electrons. The predicted molar refractivity (Wildman–Crippen MR) is 126 cm³/mol. The first kappa shape index (κ1) is 22.2. The lowest BCUT2D eigenvalue weighted by Crippen LogP contribution is -2.36. The average Bonchev–Trinajstić information content (AvgIpc) is 3.03. The van der Waals surface area contributed by atoms with Crippen LogP contribution in [0.1, 0.15) is 23.1 Å². The Morgan fingerprint density at radius 1 is 0.844 bits per heavy atom. The maximum absolute atomic E-state index is 13.1. The third kappa shape index (κ3) is 4.47. The fourth-order valence-corrected chi connectivity index (χ4v) is 5.48. The van der Waals surface area contributed by atoms with Gasteiger partial charge in [0.2, 0.25) is 10.0 Å². The standard InChI is InChI=1S/C24H28N4O3S/c1-18-6-4-7-22(16-18)32(30,31)27-13-5-12-26(14-15-27)23-10-11-24(29)28(25-23)21-9-8-19(2)20(3)17-21/h4,6-11,16-17H,5,12-15H2,1-3H3. The van der Waals surface area contributed by atoms with Crippen LogP contribution in [0.4, 0.5) is 5.82 Å². The van der Waals surface area contributed by atoms with Crippen molar-refractivity contribution in [3.63, 3.8) is 0 Å². The molecular formula is C24H28N4O3S. The number of rotatable bonds is 4. The maximum Gasteiger partial charge on any atom is 0.271 e. The van der Waals surface area contributed by atoms with Gasteiger partial charge in [-0.25, -0.2) is 8.42 Å². The summed E-state index contributed by atoms with van der Waals surface area (Å²) in [6, 6.07) is 16.1. The van der Waals surface area contributed by atoms with Crippen molar-refractivity contribution >= 4 is 15.8 Å². The Morgan fingerprint density at radius 2 is 1.66 bits per heavy atom. The molecule has 0 unspecified atom stereocenters. The minimum Gasteiger partial charge on any atom is -0.354 e. The van der Waals surface area contributed by atoms with Crippen molar-refractivity contribution in [3.05, 3.63) is 81.6 Å². The first-order valence-electron chi connectivity index (χ1n) is 10.8. The second-order valence-corrected chi connectivity index (χ2v) is 10.2. The smallest absolute Gasteiger partial charge is 0.271 e. The van der Waals surface area contributed by atoms with E-state index in [0.717, 1.165) is 22.4 Å². The number of nitrogens with zero attached hydrogens (tertiary/aromatic N) is 4. The largest absolute Gasteiger partial charge is 0.354 e. The fraction of sp³-hybridized carbons (Fsp3) is 0.333.